The van der Waals surface area contributed by atoms with Crippen LogP contribution in [0.15, 0.2) is 0 Å². The van der Waals surface area contributed by atoms with Gasteiger partial charge in [-0.05, 0) is 18.8 Å². The maximum absolute atomic E-state index is 12.5. The van der Waals surface area contributed by atoms with Gasteiger partial charge in [-0.25, -0.2) is 0 Å². The van der Waals surface area contributed by atoms with Gasteiger partial charge in [0.15, 0.2) is 0 Å². The molecule has 0 aliphatic carbocycles. The quantitative estimate of drug-likeness (QED) is 0.766. The lowest BCUT2D eigenvalue weighted by Gasteiger charge is -2.39. The lowest BCUT2D eigenvalue weighted by atomic mass is 10.0. The van der Waals surface area contributed by atoms with E-state index in [4.69, 9.17) is 4.74 Å². The summed E-state index contributed by atoms with van der Waals surface area (Å²) >= 11 is 0. The zero-order chi connectivity index (χ0) is 13.2. The van der Waals surface area contributed by atoms with Crippen molar-refractivity contribution in [2.45, 2.75) is 25.8 Å². The molecule has 0 aromatic heterocycles. The molecule has 106 valence electrons. The van der Waals surface area contributed by atoms with Crippen molar-refractivity contribution in [3.8, 4) is 0 Å². The fraction of sp³-hybridized carbons (Fsp3) is 1.00. The SMILES string of the molecule is CC1CCN(S(=O)(=O)N2CCOCC2CO)CC1. The second kappa shape index (κ2) is 5.83. The van der Waals surface area contributed by atoms with Crippen LogP contribution in [0.1, 0.15) is 19.8 Å². The molecule has 0 radical (unpaired) electrons. The van der Waals surface area contributed by atoms with E-state index in [-0.39, 0.29) is 13.2 Å². The Kier molecular flexibility index (Phi) is 4.60. The average Bonchev–Trinajstić information content (AvgIpc) is 2.39. The van der Waals surface area contributed by atoms with E-state index in [0.717, 1.165) is 12.8 Å². The van der Waals surface area contributed by atoms with Gasteiger partial charge in [0, 0.05) is 19.6 Å². The van der Waals surface area contributed by atoms with Crippen LogP contribution in [0.3, 0.4) is 0 Å². The first-order valence-electron chi connectivity index (χ1n) is 6.51. The number of piperidine rings is 1. The minimum Gasteiger partial charge on any atom is -0.395 e. The second-order valence-electron chi connectivity index (χ2n) is 5.11. The molecule has 7 heteroatoms. The summed E-state index contributed by atoms with van der Waals surface area (Å²) < 4.78 is 33.2. The van der Waals surface area contributed by atoms with Crippen molar-refractivity contribution in [1.29, 1.82) is 0 Å². The predicted octanol–water partition coefficient (Wildman–Crippen LogP) is -0.344. The van der Waals surface area contributed by atoms with E-state index in [1.165, 1.54) is 4.31 Å². The summed E-state index contributed by atoms with van der Waals surface area (Å²) in [5.41, 5.74) is 0. The van der Waals surface area contributed by atoms with Crippen LogP contribution >= 0.6 is 0 Å². The minimum absolute atomic E-state index is 0.191. The van der Waals surface area contributed by atoms with Gasteiger partial charge in [-0.15, -0.1) is 0 Å². The number of nitrogens with zero attached hydrogens (tertiary/aromatic N) is 2. The largest absolute Gasteiger partial charge is 0.395 e. The van der Waals surface area contributed by atoms with Crippen molar-refractivity contribution in [2.75, 3.05) is 39.5 Å². The van der Waals surface area contributed by atoms with E-state index in [0.29, 0.717) is 32.2 Å². The first-order chi connectivity index (χ1) is 8.55. The molecule has 2 heterocycles. The minimum atomic E-state index is -3.44. The molecule has 2 saturated heterocycles. The standard InChI is InChI=1S/C11H22N2O4S/c1-10-2-4-12(5-3-10)18(15,16)13-6-7-17-9-11(13)8-14/h10-11,14H,2-9H2,1H3. The first-order valence-corrected chi connectivity index (χ1v) is 7.91. The monoisotopic (exact) mass is 278 g/mol. The maximum atomic E-state index is 12.5. The highest BCUT2D eigenvalue weighted by Gasteiger charge is 2.37. The Hall–Kier alpha value is -0.210. The van der Waals surface area contributed by atoms with Gasteiger partial charge in [0.1, 0.15) is 0 Å². The third-order valence-electron chi connectivity index (χ3n) is 3.75. The number of morpholine rings is 1. The molecule has 0 saturated carbocycles. The molecule has 2 rings (SSSR count). The van der Waals surface area contributed by atoms with Gasteiger partial charge in [-0.3, -0.25) is 0 Å². The highest BCUT2D eigenvalue weighted by molar-refractivity contribution is 7.86. The number of rotatable bonds is 3. The van der Waals surface area contributed by atoms with Gasteiger partial charge >= 0.3 is 0 Å². The first kappa shape index (κ1) is 14.2. The van der Waals surface area contributed by atoms with Crippen molar-refractivity contribution < 1.29 is 18.3 Å². The van der Waals surface area contributed by atoms with Gasteiger partial charge in [-0.2, -0.15) is 17.0 Å². The zero-order valence-electron chi connectivity index (χ0n) is 10.8. The van der Waals surface area contributed by atoms with Gasteiger partial charge in [0.05, 0.1) is 25.9 Å². The molecule has 1 unspecified atom stereocenters. The molecule has 0 bridgehead atoms. The van der Waals surface area contributed by atoms with E-state index in [1.54, 1.807) is 4.31 Å². The van der Waals surface area contributed by atoms with E-state index >= 15 is 0 Å². The molecule has 0 amide bonds. The van der Waals surface area contributed by atoms with Crippen LogP contribution in [0, 0.1) is 5.92 Å². The highest BCUT2D eigenvalue weighted by atomic mass is 32.2. The van der Waals surface area contributed by atoms with Crippen LogP contribution in [0.2, 0.25) is 0 Å². The van der Waals surface area contributed by atoms with Crippen LogP contribution in [-0.4, -0.2) is 67.6 Å². The summed E-state index contributed by atoms with van der Waals surface area (Å²) in [5, 5.41) is 9.26. The number of aliphatic hydroxyl groups is 1. The number of hydrogen-bond donors (Lipinski definition) is 1. The number of hydrogen-bond acceptors (Lipinski definition) is 4. The van der Waals surface area contributed by atoms with E-state index in [9.17, 15) is 13.5 Å². The fourth-order valence-corrected chi connectivity index (χ4v) is 4.23. The summed E-state index contributed by atoms with van der Waals surface area (Å²) in [6, 6.07) is -0.442. The Morgan fingerprint density at radius 1 is 1.28 bits per heavy atom. The molecule has 2 fully saturated rings. The van der Waals surface area contributed by atoms with Crippen molar-refractivity contribution >= 4 is 10.2 Å². The van der Waals surface area contributed by atoms with Crippen LogP contribution in [0.25, 0.3) is 0 Å². The van der Waals surface area contributed by atoms with Crippen LogP contribution in [0.5, 0.6) is 0 Å². The second-order valence-corrected chi connectivity index (χ2v) is 6.99. The molecule has 2 aliphatic rings. The average molecular weight is 278 g/mol. The van der Waals surface area contributed by atoms with Crippen molar-refractivity contribution in [3.63, 3.8) is 0 Å². The Bertz CT molecular complexity index is 365. The lowest BCUT2D eigenvalue weighted by molar-refractivity contribution is 0.00777. The van der Waals surface area contributed by atoms with Crippen molar-refractivity contribution in [2.24, 2.45) is 5.92 Å². The zero-order valence-corrected chi connectivity index (χ0v) is 11.6. The number of aliphatic hydroxyl groups excluding tert-OH is 1. The van der Waals surface area contributed by atoms with Crippen LogP contribution in [0.4, 0.5) is 0 Å². The molecule has 0 spiro atoms. The van der Waals surface area contributed by atoms with Crippen LogP contribution < -0.4 is 0 Å². The molecule has 1 N–H and O–H groups in total. The van der Waals surface area contributed by atoms with Gasteiger partial charge in [0.25, 0.3) is 10.2 Å². The molecule has 1 atom stereocenters. The van der Waals surface area contributed by atoms with Crippen LogP contribution in [-0.2, 0) is 14.9 Å². The number of ether oxygens (including phenoxy) is 1. The Balaban J connectivity index is 2.09. The van der Waals surface area contributed by atoms with Crippen molar-refractivity contribution in [1.82, 2.24) is 8.61 Å². The predicted molar refractivity (Wildman–Crippen MR) is 67.3 cm³/mol. The van der Waals surface area contributed by atoms with Gasteiger partial charge in [-0.1, -0.05) is 6.92 Å². The van der Waals surface area contributed by atoms with Crippen molar-refractivity contribution in [3.05, 3.63) is 0 Å². The molecule has 2 aliphatic heterocycles. The van der Waals surface area contributed by atoms with E-state index in [2.05, 4.69) is 6.92 Å². The summed E-state index contributed by atoms with van der Waals surface area (Å²) in [5.74, 6) is 0.592. The third-order valence-corrected chi connectivity index (χ3v) is 5.84. The molecular formula is C11H22N2O4S. The molecule has 0 aromatic rings. The van der Waals surface area contributed by atoms with Gasteiger partial charge in [0.2, 0.25) is 0 Å². The molecule has 0 aromatic carbocycles. The Labute approximate surface area is 109 Å². The van der Waals surface area contributed by atoms with E-state index < -0.39 is 16.3 Å². The summed E-state index contributed by atoms with van der Waals surface area (Å²) in [6.07, 6.45) is 1.82. The normalized spacial score (nSPS) is 29.6. The molecule has 18 heavy (non-hydrogen) atoms. The Morgan fingerprint density at radius 3 is 2.56 bits per heavy atom. The summed E-state index contributed by atoms with van der Waals surface area (Å²) in [4.78, 5) is 0. The summed E-state index contributed by atoms with van der Waals surface area (Å²) in [7, 11) is -3.44. The highest BCUT2D eigenvalue weighted by Crippen LogP contribution is 2.23. The Morgan fingerprint density at radius 2 is 1.94 bits per heavy atom. The molecular weight excluding hydrogens is 256 g/mol. The lowest BCUT2D eigenvalue weighted by Crippen LogP contribution is -2.56. The summed E-state index contributed by atoms with van der Waals surface area (Å²) in [6.45, 7) is 4.14. The fourth-order valence-electron chi connectivity index (χ4n) is 2.45. The van der Waals surface area contributed by atoms with Gasteiger partial charge < -0.3 is 9.84 Å². The van der Waals surface area contributed by atoms with E-state index in [1.807, 2.05) is 0 Å². The smallest absolute Gasteiger partial charge is 0.282 e. The maximum Gasteiger partial charge on any atom is 0.282 e. The molecule has 6 nitrogen and oxygen atoms in total. The topological polar surface area (TPSA) is 70.1 Å². The third kappa shape index (κ3) is 2.85.